The van der Waals surface area contributed by atoms with E-state index in [1.165, 1.54) is 24.1 Å². The number of urea groups is 1. The zero-order chi connectivity index (χ0) is 18.1. The Morgan fingerprint density at radius 2 is 2.12 bits per heavy atom. The Kier molecular flexibility index (Phi) is 8.99. The summed E-state index contributed by atoms with van der Waals surface area (Å²) >= 11 is 5.85. The third kappa shape index (κ3) is 7.92. The molecule has 2 N–H and O–H groups in total. The van der Waals surface area contributed by atoms with Crippen LogP contribution in [0.3, 0.4) is 0 Å². The molecule has 0 radical (unpaired) electrons. The molecule has 0 heterocycles. The van der Waals surface area contributed by atoms with Crippen molar-refractivity contribution in [1.82, 2.24) is 4.90 Å². The highest BCUT2D eigenvalue weighted by Crippen LogP contribution is 2.22. The maximum atomic E-state index is 13.0. The van der Waals surface area contributed by atoms with Gasteiger partial charge in [0, 0.05) is 7.05 Å². The van der Waals surface area contributed by atoms with Gasteiger partial charge in [0.05, 0.1) is 49.3 Å². The van der Waals surface area contributed by atoms with Gasteiger partial charge in [0.15, 0.2) is 0 Å². The first-order valence-electron chi connectivity index (χ1n) is 7.64. The molecule has 1 aromatic carbocycles. The summed E-state index contributed by atoms with van der Waals surface area (Å²) in [6.45, 7) is 4.85. The Bertz CT molecular complexity index is 531. The average Bonchev–Trinajstić information content (AvgIpc) is 2.49. The molecule has 2 amide bonds. The van der Waals surface area contributed by atoms with Gasteiger partial charge in [-0.05, 0) is 32.0 Å². The van der Waals surface area contributed by atoms with Crippen molar-refractivity contribution in [2.75, 3.05) is 38.7 Å². The van der Waals surface area contributed by atoms with E-state index in [0.29, 0.717) is 18.9 Å². The summed E-state index contributed by atoms with van der Waals surface area (Å²) in [4.78, 5) is 13.3. The third-order valence-corrected chi connectivity index (χ3v) is 3.31. The van der Waals surface area contributed by atoms with Crippen LogP contribution in [0.4, 0.5) is 14.9 Å². The first-order valence-corrected chi connectivity index (χ1v) is 8.02. The summed E-state index contributed by atoms with van der Waals surface area (Å²) < 4.78 is 23.6. The topological polar surface area (TPSA) is 71.0 Å². The average molecular weight is 363 g/mol. The lowest BCUT2D eigenvalue weighted by Crippen LogP contribution is -2.39. The number of anilines is 1. The highest BCUT2D eigenvalue weighted by Gasteiger charge is 2.15. The summed E-state index contributed by atoms with van der Waals surface area (Å²) in [6.07, 6.45) is -0.699. The van der Waals surface area contributed by atoms with Gasteiger partial charge in [-0.2, -0.15) is 0 Å². The number of nitrogens with zero attached hydrogens (tertiary/aromatic N) is 1. The van der Waals surface area contributed by atoms with Gasteiger partial charge in [0.2, 0.25) is 0 Å². The molecule has 136 valence electrons. The molecule has 1 atom stereocenters. The maximum absolute atomic E-state index is 13.0. The minimum atomic E-state index is -0.830. The predicted octanol–water partition coefficient (Wildman–Crippen LogP) is 2.75. The zero-order valence-corrected chi connectivity index (χ0v) is 14.8. The second-order valence-corrected chi connectivity index (χ2v) is 5.99. The number of likely N-dealkylation sites (N-methyl/N-ethyl adjacent to an activating group) is 1. The van der Waals surface area contributed by atoms with Gasteiger partial charge in [-0.3, -0.25) is 0 Å². The standard InChI is InChI=1S/C16H24ClFN2O4/c1-11(2)24-7-6-23-10-13(21)9-20(3)16(22)19-15-5-4-12(18)8-14(15)17/h4-5,8,11,13,21H,6-7,9-10H2,1-3H3,(H,19,22). The van der Waals surface area contributed by atoms with Gasteiger partial charge >= 0.3 is 6.03 Å². The normalized spacial score (nSPS) is 12.3. The molecule has 0 aliphatic heterocycles. The lowest BCUT2D eigenvalue weighted by Gasteiger charge is -2.21. The molecule has 0 aromatic heterocycles. The van der Waals surface area contributed by atoms with Crippen LogP contribution in [0, 0.1) is 5.82 Å². The zero-order valence-electron chi connectivity index (χ0n) is 14.1. The molecule has 0 fully saturated rings. The number of carbonyl (C=O) groups is 1. The Labute approximate surface area is 146 Å². The number of amides is 2. The summed E-state index contributed by atoms with van der Waals surface area (Å²) in [6, 6.07) is 3.21. The van der Waals surface area contributed by atoms with E-state index in [2.05, 4.69) is 5.32 Å². The second-order valence-electron chi connectivity index (χ2n) is 5.58. The van der Waals surface area contributed by atoms with Crippen LogP contribution >= 0.6 is 11.6 Å². The van der Waals surface area contributed by atoms with Crippen molar-refractivity contribution in [2.24, 2.45) is 0 Å². The van der Waals surface area contributed by atoms with E-state index in [1.807, 2.05) is 13.8 Å². The first kappa shape index (κ1) is 20.6. The van der Waals surface area contributed by atoms with Crippen molar-refractivity contribution < 1.29 is 23.8 Å². The van der Waals surface area contributed by atoms with Crippen LogP contribution in [0.25, 0.3) is 0 Å². The molecule has 6 nitrogen and oxygen atoms in total. The predicted molar refractivity (Wildman–Crippen MR) is 91.0 cm³/mol. The van der Waals surface area contributed by atoms with Crippen molar-refractivity contribution in [2.45, 2.75) is 26.1 Å². The van der Waals surface area contributed by atoms with Crippen LogP contribution in [0.15, 0.2) is 18.2 Å². The first-order chi connectivity index (χ1) is 11.3. The summed E-state index contributed by atoms with van der Waals surface area (Å²) in [5, 5.41) is 12.5. The van der Waals surface area contributed by atoms with E-state index in [9.17, 15) is 14.3 Å². The smallest absolute Gasteiger partial charge is 0.321 e. The van der Waals surface area contributed by atoms with Crippen LogP contribution in [0.5, 0.6) is 0 Å². The lowest BCUT2D eigenvalue weighted by atomic mass is 10.3. The molecule has 1 rings (SSSR count). The lowest BCUT2D eigenvalue weighted by molar-refractivity contribution is -0.0144. The van der Waals surface area contributed by atoms with Gasteiger partial charge < -0.3 is 24.8 Å². The molecule has 0 spiro atoms. The van der Waals surface area contributed by atoms with Gasteiger partial charge in [-0.15, -0.1) is 0 Å². The van der Waals surface area contributed by atoms with Gasteiger partial charge in [0.1, 0.15) is 5.82 Å². The van der Waals surface area contributed by atoms with Crippen LogP contribution < -0.4 is 5.32 Å². The van der Waals surface area contributed by atoms with Crippen LogP contribution in [0.1, 0.15) is 13.8 Å². The number of rotatable bonds is 9. The van der Waals surface area contributed by atoms with E-state index in [1.54, 1.807) is 0 Å². The number of carbonyl (C=O) groups excluding carboxylic acids is 1. The van der Waals surface area contributed by atoms with Crippen molar-refractivity contribution in [3.8, 4) is 0 Å². The molecule has 0 bridgehead atoms. The van der Waals surface area contributed by atoms with Crippen LogP contribution in [-0.4, -0.2) is 61.7 Å². The molecular formula is C16H24ClFN2O4. The molecule has 1 unspecified atom stereocenters. The fraction of sp³-hybridized carbons (Fsp3) is 0.562. The summed E-state index contributed by atoms with van der Waals surface area (Å²) in [5.41, 5.74) is 0.298. The molecule has 0 aliphatic carbocycles. The third-order valence-electron chi connectivity index (χ3n) is 2.99. The number of aliphatic hydroxyl groups is 1. The van der Waals surface area contributed by atoms with Crippen molar-refractivity contribution in [1.29, 1.82) is 0 Å². The minimum absolute atomic E-state index is 0.0791. The van der Waals surface area contributed by atoms with Crippen molar-refractivity contribution in [3.05, 3.63) is 29.0 Å². The fourth-order valence-electron chi connectivity index (χ4n) is 1.82. The van der Waals surface area contributed by atoms with Crippen molar-refractivity contribution in [3.63, 3.8) is 0 Å². The van der Waals surface area contributed by atoms with Gasteiger partial charge in [-0.25, -0.2) is 9.18 Å². The summed E-state index contributed by atoms with van der Waals surface area (Å²) in [5.74, 6) is -0.486. The summed E-state index contributed by atoms with van der Waals surface area (Å²) in [7, 11) is 1.53. The number of ether oxygens (including phenoxy) is 2. The number of aliphatic hydroxyl groups excluding tert-OH is 1. The molecule has 24 heavy (non-hydrogen) atoms. The minimum Gasteiger partial charge on any atom is -0.389 e. The van der Waals surface area contributed by atoms with Crippen molar-refractivity contribution >= 4 is 23.3 Å². The molecule has 0 saturated carbocycles. The molecule has 1 aromatic rings. The highest BCUT2D eigenvalue weighted by molar-refractivity contribution is 6.33. The quantitative estimate of drug-likeness (QED) is 0.663. The maximum Gasteiger partial charge on any atom is 0.321 e. The number of nitrogens with one attached hydrogen (secondary N) is 1. The second kappa shape index (κ2) is 10.5. The van der Waals surface area contributed by atoms with Crippen LogP contribution in [0.2, 0.25) is 5.02 Å². The Hall–Kier alpha value is -1.41. The Morgan fingerprint density at radius 1 is 1.42 bits per heavy atom. The number of halogens is 2. The van der Waals surface area contributed by atoms with E-state index in [4.69, 9.17) is 21.1 Å². The van der Waals surface area contributed by atoms with E-state index < -0.39 is 18.0 Å². The van der Waals surface area contributed by atoms with Gasteiger partial charge in [0.25, 0.3) is 0 Å². The number of hydrogen-bond donors (Lipinski definition) is 2. The number of benzene rings is 1. The fourth-order valence-corrected chi connectivity index (χ4v) is 2.03. The Morgan fingerprint density at radius 3 is 2.75 bits per heavy atom. The number of hydrogen-bond acceptors (Lipinski definition) is 4. The molecular weight excluding hydrogens is 339 g/mol. The molecule has 8 heteroatoms. The van der Waals surface area contributed by atoms with Gasteiger partial charge in [-0.1, -0.05) is 11.6 Å². The molecule has 0 aliphatic rings. The Balaban J connectivity index is 2.32. The van der Waals surface area contributed by atoms with E-state index in [0.717, 1.165) is 6.07 Å². The molecule has 0 saturated heterocycles. The monoisotopic (exact) mass is 362 g/mol. The van der Waals surface area contributed by atoms with E-state index in [-0.39, 0.29) is 24.3 Å². The SMILES string of the molecule is CC(C)OCCOCC(O)CN(C)C(=O)Nc1ccc(F)cc1Cl. The highest BCUT2D eigenvalue weighted by atomic mass is 35.5. The largest absolute Gasteiger partial charge is 0.389 e. The van der Waals surface area contributed by atoms with E-state index >= 15 is 0 Å². The van der Waals surface area contributed by atoms with Crippen LogP contribution in [-0.2, 0) is 9.47 Å².